The Kier molecular flexibility index (Phi) is 2.40. The van der Waals surface area contributed by atoms with Crippen molar-refractivity contribution < 1.29 is 0 Å². The van der Waals surface area contributed by atoms with Crippen molar-refractivity contribution in [2.75, 3.05) is 5.32 Å². The standard InChI is InChI=1S/C9H11N5/c1-14-12-7-9(13-14)6-11-8-2-4-10-5-3-8/h2-5,7H,6H2,1H3,(H,10,11). The largest absolute Gasteiger partial charge is 0.379 e. The normalized spacial score (nSPS) is 10.1. The molecule has 1 N–H and O–H groups in total. The van der Waals surface area contributed by atoms with Gasteiger partial charge in [0.25, 0.3) is 0 Å². The van der Waals surface area contributed by atoms with Gasteiger partial charge in [0.15, 0.2) is 0 Å². The lowest BCUT2D eigenvalue weighted by Crippen LogP contribution is -2.01. The highest BCUT2D eigenvalue weighted by molar-refractivity contribution is 5.40. The average Bonchev–Trinajstić information content (AvgIpc) is 2.63. The molecule has 0 amide bonds. The Bertz CT molecular complexity index is 395. The Hall–Kier alpha value is -1.91. The second-order valence-electron chi connectivity index (χ2n) is 2.91. The smallest absolute Gasteiger partial charge is 0.102 e. The maximum atomic E-state index is 4.15. The Labute approximate surface area is 81.8 Å². The van der Waals surface area contributed by atoms with Crippen molar-refractivity contribution in [3.8, 4) is 0 Å². The molecule has 0 aromatic carbocycles. The molecule has 2 aromatic heterocycles. The zero-order valence-corrected chi connectivity index (χ0v) is 7.88. The van der Waals surface area contributed by atoms with Crippen LogP contribution in [0.1, 0.15) is 5.69 Å². The lowest BCUT2D eigenvalue weighted by Gasteiger charge is -2.01. The molecule has 0 radical (unpaired) electrons. The number of aromatic nitrogens is 4. The molecular formula is C9H11N5. The highest BCUT2D eigenvalue weighted by Crippen LogP contribution is 2.04. The van der Waals surface area contributed by atoms with Gasteiger partial charge in [-0.25, -0.2) is 0 Å². The Morgan fingerprint density at radius 2 is 2.14 bits per heavy atom. The Morgan fingerprint density at radius 1 is 1.36 bits per heavy atom. The minimum absolute atomic E-state index is 0.678. The SMILES string of the molecule is Cn1ncc(CNc2ccncc2)n1. The number of hydrogen-bond donors (Lipinski definition) is 1. The molecule has 72 valence electrons. The van der Waals surface area contributed by atoms with Crippen molar-refractivity contribution in [2.24, 2.45) is 7.05 Å². The summed E-state index contributed by atoms with van der Waals surface area (Å²) in [6.45, 7) is 0.678. The van der Waals surface area contributed by atoms with Crippen molar-refractivity contribution >= 4 is 5.69 Å². The third-order valence-electron chi connectivity index (χ3n) is 1.80. The van der Waals surface area contributed by atoms with E-state index >= 15 is 0 Å². The van der Waals surface area contributed by atoms with Crippen LogP contribution in [0.15, 0.2) is 30.7 Å². The van der Waals surface area contributed by atoms with E-state index < -0.39 is 0 Å². The van der Waals surface area contributed by atoms with Gasteiger partial charge in [0, 0.05) is 25.1 Å². The predicted octanol–water partition coefficient (Wildman–Crippen LogP) is 0.822. The van der Waals surface area contributed by atoms with Gasteiger partial charge >= 0.3 is 0 Å². The van der Waals surface area contributed by atoms with Crippen LogP contribution in [0.25, 0.3) is 0 Å². The van der Waals surface area contributed by atoms with Crippen LogP contribution in [0.5, 0.6) is 0 Å². The van der Waals surface area contributed by atoms with Gasteiger partial charge in [0.1, 0.15) is 5.69 Å². The molecule has 0 bridgehead atoms. The Balaban J connectivity index is 1.95. The van der Waals surface area contributed by atoms with Crippen LogP contribution in [0.3, 0.4) is 0 Å². The highest BCUT2D eigenvalue weighted by atomic mass is 15.4. The first-order chi connectivity index (χ1) is 6.84. The van der Waals surface area contributed by atoms with E-state index in [1.165, 1.54) is 0 Å². The van der Waals surface area contributed by atoms with Gasteiger partial charge in [-0.3, -0.25) is 4.98 Å². The van der Waals surface area contributed by atoms with E-state index in [0.29, 0.717) is 6.54 Å². The van der Waals surface area contributed by atoms with Crippen molar-refractivity contribution in [3.05, 3.63) is 36.4 Å². The summed E-state index contributed by atoms with van der Waals surface area (Å²) in [5, 5.41) is 11.4. The summed E-state index contributed by atoms with van der Waals surface area (Å²) in [6.07, 6.45) is 5.24. The van der Waals surface area contributed by atoms with Crippen molar-refractivity contribution in [3.63, 3.8) is 0 Å². The van der Waals surface area contributed by atoms with Gasteiger partial charge in [0.2, 0.25) is 0 Å². The molecule has 14 heavy (non-hydrogen) atoms. The van der Waals surface area contributed by atoms with Gasteiger partial charge in [-0.1, -0.05) is 0 Å². The summed E-state index contributed by atoms with van der Waals surface area (Å²) >= 11 is 0. The lowest BCUT2D eigenvalue weighted by molar-refractivity contribution is 0.646. The fourth-order valence-corrected chi connectivity index (χ4v) is 1.13. The van der Waals surface area contributed by atoms with Crippen LogP contribution in [0.4, 0.5) is 5.69 Å². The summed E-state index contributed by atoms with van der Waals surface area (Å²) in [7, 11) is 1.80. The van der Waals surface area contributed by atoms with Gasteiger partial charge in [-0.2, -0.15) is 15.0 Å². The summed E-state index contributed by atoms with van der Waals surface area (Å²) in [6, 6.07) is 3.83. The molecule has 5 heteroatoms. The number of hydrogen-bond acceptors (Lipinski definition) is 4. The number of nitrogens with zero attached hydrogens (tertiary/aromatic N) is 4. The monoisotopic (exact) mass is 189 g/mol. The van der Waals surface area contributed by atoms with Crippen molar-refractivity contribution in [2.45, 2.75) is 6.54 Å². The van der Waals surface area contributed by atoms with Gasteiger partial charge in [-0.15, -0.1) is 0 Å². The first-order valence-electron chi connectivity index (χ1n) is 4.34. The van der Waals surface area contributed by atoms with E-state index in [9.17, 15) is 0 Å². The van der Waals surface area contributed by atoms with Crippen LogP contribution in [-0.4, -0.2) is 20.0 Å². The molecule has 0 unspecified atom stereocenters. The number of pyridine rings is 1. The molecule has 2 heterocycles. The second-order valence-corrected chi connectivity index (χ2v) is 2.91. The van der Waals surface area contributed by atoms with E-state index in [0.717, 1.165) is 11.4 Å². The molecule has 0 fully saturated rings. The maximum Gasteiger partial charge on any atom is 0.102 e. The molecular weight excluding hydrogens is 178 g/mol. The zero-order valence-electron chi connectivity index (χ0n) is 7.88. The second kappa shape index (κ2) is 3.87. The molecule has 0 saturated heterocycles. The van der Waals surface area contributed by atoms with E-state index in [4.69, 9.17) is 0 Å². The minimum Gasteiger partial charge on any atom is -0.379 e. The highest BCUT2D eigenvalue weighted by Gasteiger charge is 1.96. The maximum absolute atomic E-state index is 4.15. The summed E-state index contributed by atoms with van der Waals surface area (Å²) in [5.41, 5.74) is 1.95. The first-order valence-corrected chi connectivity index (χ1v) is 4.34. The van der Waals surface area contributed by atoms with Crippen molar-refractivity contribution in [1.29, 1.82) is 0 Å². The number of rotatable bonds is 3. The number of nitrogens with one attached hydrogen (secondary N) is 1. The van der Waals surface area contributed by atoms with E-state index in [1.807, 2.05) is 12.1 Å². The topological polar surface area (TPSA) is 55.6 Å². The molecule has 0 aliphatic rings. The van der Waals surface area contributed by atoms with Crippen LogP contribution in [0.2, 0.25) is 0 Å². The van der Waals surface area contributed by atoms with Crippen LogP contribution in [-0.2, 0) is 13.6 Å². The minimum atomic E-state index is 0.678. The third kappa shape index (κ3) is 2.07. The fourth-order valence-electron chi connectivity index (χ4n) is 1.13. The molecule has 5 nitrogen and oxygen atoms in total. The fraction of sp³-hybridized carbons (Fsp3) is 0.222. The summed E-state index contributed by atoms with van der Waals surface area (Å²) < 4.78 is 0. The van der Waals surface area contributed by atoms with Crippen LogP contribution >= 0.6 is 0 Å². The number of anilines is 1. The third-order valence-corrected chi connectivity index (χ3v) is 1.80. The first kappa shape index (κ1) is 8.68. The van der Waals surface area contributed by atoms with E-state index in [-0.39, 0.29) is 0 Å². The van der Waals surface area contributed by atoms with Crippen LogP contribution in [0, 0.1) is 0 Å². The molecule has 0 spiro atoms. The molecule has 0 saturated carbocycles. The van der Waals surface area contributed by atoms with E-state index in [1.54, 1.807) is 30.4 Å². The predicted molar refractivity (Wildman–Crippen MR) is 52.6 cm³/mol. The molecule has 2 rings (SSSR count). The molecule has 0 aliphatic carbocycles. The Morgan fingerprint density at radius 3 is 2.79 bits per heavy atom. The van der Waals surface area contributed by atoms with Crippen molar-refractivity contribution in [1.82, 2.24) is 20.0 Å². The molecule has 0 aliphatic heterocycles. The zero-order chi connectivity index (χ0) is 9.80. The number of aryl methyl sites for hydroxylation is 1. The quantitative estimate of drug-likeness (QED) is 0.776. The summed E-state index contributed by atoms with van der Waals surface area (Å²) in [4.78, 5) is 5.48. The van der Waals surface area contributed by atoms with Gasteiger partial charge in [0.05, 0.1) is 12.7 Å². The average molecular weight is 189 g/mol. The van der Waals surface area contributed by atoms with Crippen LogP contribution < -0.4 is 5.32 Å². The van der Waals surface area contributed by atoms with Gasteiger partial charge < -0.3 is 5.32 Å². The molecule has 0 atom stereocenters. The van der Waals surface area contributed by atoms with Gasteiger partial charge in [-0.05, 0) is 12.1 Å². The van der Waals surface area contributed by atoms with E-state index in [2.05, 4.69) is 20.5 Å². The molecule has 2 aromatic rings. The summed E-state index contributed by atoms with van der Waals surface area (Å²) in [5.74, 6) is 0. The lowest BCUT2D eigenvalue weighted by atomic mass is 10.4.